The van der Waals surface area contributed by atoms with E-state index in [4.69, 9.17) is 18.5 Å². The van der Waals surface area contributed by atoms with Gasteiger partial charge in [0.25, 0.3) is 7.82 Å². The first-order valence-corrected chi connectivity index (χ1v) is 23.7. The topological polar surface area (TPSA) is 94.1 Å². The van der Waals surface area contributed by atoms with Gasteiger partial charge in [-0.2, -0.15) is 0 Å². The molecule has 318 valence electrons. The largest absolute Gasteiger partial charge is 0.756 e. The number of likely N-dealkylation sites (N-methyl/N-ethyl adjacent to an activating group) is 1. The summed E-state index contributed by atoms with van der Waals surface area (Å²) in [6, 6.07) is 0. The minimum atomic E-state index is -4.53. The van der Waals surface area contributed by atoms with Gasteiger partial charge in [0.15, 0.2) is 0 Å². The average Bonchev–Trinajstić information content (AvgIpc) is 3.12. The minimum Gasteiger partial charge on any atom is -0.756 e. The number of phosphoric acid groups is 1. The molecule has 0 fully saturated rings. The summed E-state index contributed by atoms with van der Waals surface area (Å²) in [6.45, 7) is 5.35. The molecular weight excluding hydrogens is 697 g/mol. The van der Waals surface area contributed by atoms with Gasteiger partial charge in [-0.25, -0.2) is 0 Å². The first-order valence-electron chi connectivity index (χ1n) is 22.2. The Labute approximate surface area is 334 Å². The van der Waals surface area contributed by atoms with Crippen molar-refractivity contribution in [1.82, 2.24) is 0 Å². The normalized spacial score (nSPS) is 14.1. The second-order valence-corrected chi connectivity index (χ2v) is 17.5. The first-order chi connectivity index (χ1) is 26.1. The number of carbonyl (C=O) groups excluding carboxylic acids is 1. The van der Waals surface area contributed by atoms with Crippen molar-refractivity contribution in [3.05, 3.63) is 36.5 Å². The fourth-order valence-electron chi connectivity index (χ4n) is 5.92. The summed E-state index contributed by atoms with van der Waals surface area (Å²) >= 11 is 0. The van der Waals surface area contributed by atoms with Gasteiger partial charge < -0.3 is 27.9 Å². The lowest BCUT2D eigenvalue weighted by Gasteiger charge is -2.28. The summed E-state index contributed by atoms with van der Waals surface area (Å²) in [5.74, 6) is -0.346. The highest BCUT2D eigenvalue weighted by Gasteiger charge is 2.20. The summed E-state index contributed by atoms with van der Waals surface area (Å²) in [5.41, 5.74) is 0. The number of rotatable bonds is 41. The van der Waals surface area contributed by atoms with E-state index in [-0.39, 0.29) is 25.8 Å². The second-order valence-electron chi connectivity index (χ2n) is 16.0. The number of unbranched alkanes of at least 4 members (excludes halogenated alkanes) is 21. The molecule has 54 heavy (non-hydrogen) atoms. The van der Waals surface area contributed by atoms with Crippen LogP contribution in [0.25, 0.3) is 0 Å². The quantitative estimate of drug-likeness (QED) is 0.0200. The molecule has 0 amide bonds. The molecule has 8 nitrogen and oxygen atoms in total. The zero-order valence-electron chi connectivity index (χ0n) is 35.9. The smallest absolute Gasteiger partial charge is 0.306 e. The molecule has 2 atom stereocenters. The molecule has 2 unspecified atom stereocenters. The lowest BCUT2D eigenvalue weighted by Crippen LogP contribution is -2.37. The molecule has 0 saturated heterocycles. The van der Waals surface area contributed by atoms with Gasteiger partial charge in [-0.1, -0.05) is 147 Å². The fourth-order valence-corrected chi connectivity index (χ4v) is 6.65. The molecule has 0 aliphatic heterocycles. The Kier molecular flexibility index (Phi) is 37.7. The van der Waals surface area contributed by atoms with Gasteiger partial charge in [0.1, 0.15) is 19.3 Å². The van der Waals surface area contributed by atoms with Gasteiger partial charge >= 0.3 is 5.97 Å². The van der Waals surface area contributed by atoms with Crippen LogP contribution >= 0.6 is 7.82 Å². The van der Waals surface area contributed by atoms with Crippen molar-refractivity contribution in [1.29, 1.82) is 0 Å². The molecule has 0 aromatic heterocycles. The number of nitrogens with zero attached hydrogens (tertiary/aromatic N) is 1. The van der Waals surface area contributed by atoms with E-state index in [1.165, 1.54) is 103 Å². The molecule has 0 aliphatic carbocycles. The van der Waals surface area contributed by atoms with E-state index < -0.39 is 13.9 Å². The zero-order valence-corrected chi connectivity index (χ0v) is 36.8. The molecule has 0 bridgehead atoms. The highest BCUT2D eigenvalue weighted by Crippen LogP contribution is 2.38. The molecular formula is C45H86NO7P. The van der Waals surface area contributed by atoms with Gasteiger partial charge in [0.05, 0.1) is 34.4 Å². The van der Waals surface area contributed by atoms with Crippen molar-refractivity contribution in [3.63, 3.8) is 0 Å². The van der Waals surface area contributed by atoms with Crippen molar-refractivity contribution < 1.29 is 37.3 Å². The van der Waals surface area contributed by atoms with Crippen LogP contribution in [0.5, 0.6) is 0 Å². The molecule has 0 saturated carbocycles. The van der Waals surface area contributed by atoms with Crippen LogP contribution in [0, 0.1) is 0 Å². The van der Waals surface area contributed by atoms with E-state index in [0.29, 0.717) is 24.1 Å². The van der Waals surface area contributed by atoms with E-state index in [0.717, 1.165) is 64.2 Å². The minimum absolute atomic E-state index is 0.0221. The van der Waals surface area contributed by atoms with E-state index in [1.807, 2.05) is 21.1 Å². The summed E-state index contributed by atoms with van der Waals surface area (Å²) in [7, 11) is 1.34. The van der Waals surface area contributed by atoms with Gasteiger partial charge in [-0.05, 0) is 70.6 Å². The molecule has 0 radical (unpaired) electrons. The number of hydrogen-bond acceptors (Lipinski definition) is 7. The van der Waals surface area contributed by atoms with Gasteiger partial charge in [-0.15, -0.1) is 0 Å². The van der Waals surface area contributed by atoms with Crippen LogP contribution in [-0.4, -0.2) is 70.7 Å². The van der Waals surface area contributed by atoms with Crippen LogP contribution in [0.2, 0.25) is 0 Å². The number of ether oxygens (including phenoxy) is 2. The van der Waals surface area contributed by atoms with E-state index >= 15 is 0 Å². The van der Waals surface area contributed by atoms with Crippen LogP contribution in [0.3, 0.4) is 0 Å². The first kappa shape index (κ1) is 52.7. The lowest BCUT2D eigenvalue weighted by atomic mass is 10.1. The molecule has 0 aliphatic rings. The fraction of sp³-hybridized carbons (Fsp3) is 0.844. The number of allylic oxidation sites excluding steroid dienone is 6. The van der Waals surface area contributed by atoms with Crippen molar-refractivity contribution in [2.24, 2.45) is 0 Å². The Morgan fingerprint density at radius 1 is 0.574 bits per heavy atom. The number of phosphoric ester groups is 1. The van der Waals surface area contributed by atoms with Crippen molar-refractivity contribution in [2.75, 3.05) is 54.1 Å². The SMILES string of the molecule is CCCCC/C=C\C/C=C\CCCCCCCCOCC(COP(=O)([O-])OCC[N+](C)(C)C)OC(=O)CCCCCCC/C=C\CCCCCCCCC. The van der Waals surface area contributed by atoms with Gasteiger partial charge in [0.2, 0.25) is 0 Å². The Hall–Kier alpha value is -1.28. The Bertz CT molecular complexity index is 962. The average molecular weight is 784 g/mol. The van der Waals surface area contributed by atoms with E-state index in [9.17, 15) is 14.3 Å². The Morgan fingerprint density at radius 3 is 1.56 bits per heavy atom. The molecule has 0 aromatic carbocycles. The maximum Gasteiger partial charge on any atom is 0.306 e. The Morgan fingerprint density at radius 2 is 1.02 bits per heavy atom. The van der Waals surface area contributed by atoms with Crippen molar-refractivity contribution in [3.8, 4) is 0 Å². The molecule has 9 heteroatoms. The predicted octanol–water partition coefficient (Wildman–Crippen LogP) is 12.4. The maximum atomic E-state index is 12.7. The standard InChI is InChI=1S/C45H86NO7P/c1-6-8-10-12-14-16-18-20-22-24-26-28-30-32-34-36-38-45(47)53-44(43-52-54(48,49)51-41-39-46(3,4)5)42-50-40-37-35-33-31-29-27-25-23-21-19-17-15-13-11-9-7-2/h15,17,21-24,44H,6-14,16,18-20,25-43H2,1-5H3/b17-15-,23-21-,24-22-. The van der Waals surface area contributed by atoms with Gasteiger partial charge in [0, 0.05) is 13.0 Å². The molecule has 0 heterocycles. The number of esters is 1. The third-order valence-electron chi connectivity index (χ3n) is 9.41. The van der Waals surface area contributed by atoms with E-state index in [2.05, 4.69) is 50.3 Å². The van der Waals surface area contributed by atoms with Crippen LogP contribution in [-0.2, 0) is 27.9 Å². The second kappa shape index (κ2) is 38.6. The summed E-state index contributed by atoms with van der Waals surface area (Å²) in [4.78, 5) is 25.0. The van der Waals surface area contributed by atoms with Crippen molar-refractivity contribution >= 4 is 13.8 Å². The molecule has 0 N–H and O–H groups in total. The van der Waals surface area contributed by atoms with Crippen LogP contribution in [0.1, 0.15) is 187 Å². The summed E-state index contributed by atoms with van der Waals surface area (Å²) in [5, 5.41) is 0. The van der Waals surface area contributed by atoms with Crippen LogP contribution in [0.4, 0.5) is 0 Å². The summed E-state index contributed by atoms with van der Waals surface area (Å²) < 4.78 is 34.6. The molecule has 0 rings (SSSR count). The highest BCUT2D eigenvalue weighted by atomic mass is 31.2. The predicted molar refractivity (Wildman–Crippen MR) is 227 cm³/mol. The monoisotopic (exact) mass is 784 g/mol. The Balaban J connectivity index is 4.26. The molecule has 0 aromatic rings. The third-order valence-corrected chi connectivity index (χ3v) is 10.4. The summed E-state index contributed by atoms with van der Waals surface area (Å²) in [6.07, 6.45) is 44.3. The highest BCUT2D eigenvalue weighted by molar-refractivity contribution is 7.45. The third kappa shape index (κ3) is 41.9. The van der Waals surface area contributed by atoms with Crippen molar-refractivity contribution in [2.45, 2.75) is 193 Å². The number of hydrogen-bond donors (Lipinski definition) is 0. The number of quaternary nitrogens is 1. The van der Waals surface area contributed by atoms with E-state index in [1.54, 1.807) is 0 Å². The number of carbonyl (C=O) groups is 1. The zero-order chi connectivity index (χ0) is 39.9. The van der Waals surface area contributed by atoms with Crippen LogP contribution in [0.15, 0.2) is 36.5 Å². The molecule has 0 spiro atoms. The lowest BCUT2D eigenvalue weighted by molar-refractivity contribution is -0.870. The maximum absolute atomic E-state index is 12.7. The van der Waals surface area contributed by atoms with Gasteiger partial charge in [-0.3, -0.25) is 9.36 Å². The van der Waals surface area contributed by atoms with Crippen LogP contribution < -0.4 is 4.89 Å².